The minimum atomic E-state index is 0.422. The van der Waals surface area contributed by atoms with Gasteiger partial charge in [0.2, 0.25) is 0 Å². The summed E-state index contributed by atoms with van der Waals surface area (Å²) in [6.07, 6.45) is 6.95. The molecule has 1 aromatic heterocycles. The minimum absolute atomic E-state index is 0.422. The Kier molecular flexibility index (Phi) is 4.07. The minimum Gasteiger partial charge on any atom is -0.217 e. The maximum atomic E-state index is 6.44. The molecular weight excluding hydrogens is 294 g/mol. The van der Waals surface area contributed by atoms with Crippen molar-refractivity contribution in [1.82, 2.24) is 9.78 Å². The Morgan fingerprint density at radius 2 is 2.00 bits per heavy atom. The number of aliphatic imine (C=N–C) groups is 1. The zero-order valence-electron chi connectivity index (χ0n) is 12.3. The highest BCUT2D eigenvalue weighted by Gasteiger charge is 2.11. The number of hydrogen-bond donors (Lipinski definition) is 0. The molecule has 0 radical (unpaired) electrons. The van der Waals surface area contributed by atoms with Gasteiger partial charge in [0.05, 0.1) is 11.4 Å². The molecule has 0 amide bonds. The first-order chi connectivity index (χ1) is 10.6. The Hall–Kier alpha value is -2.39. The monoisotopic (exact) mass is 309 g/mol. The third kappa shape index (κ3) is 2.95. The number of halogens is 1. The maximum absolute atomic E-state index is 6.44. The van der Waals surface area contributed by atoms with Crippen molar-refractivity contribution >= 4 is 34.2 Å². The van der Waals surface area contributed by atoms with Crippen molar-refractivity contribution in [2.45, 2.75) is 13.3 Å². The van der Waals surface area contributed by atoms with Crippen molar-refractivity contribution < 1.29 is 0 Å². The van der Waals surface area contributed by atoms with Crippen LogP contribution in [0.25, 0.3) is 17.5 Å². The van der Waals surface area contributed by atoms with Gasteiger partial charge in [-0.2, -0.15) is 5.10 Å². The molecule has 0 spiro atoms. The van der Waals surface area contributed by atoms with Gasteiger partial charge in [-0.1, -0.05) is 60.7 Å². The Balaban J connectivity index is 2.07. The molecule has 22 heavy (non-hydrogen) atoms. The highest BCUT2D eigenvalue weighted by Crippen LogP contribution is 2.23. The van der Waals surface area contributed by atoms with Crippen LogP contribution in [0.1, 0.15) is 23.4 Å². The summed E-state index contributed by atoms with van der Waals surface area (Å²) in [6.45, 7) is 5.93. The zero-order valence-corrected chi connectivity index (χ0v) is 13.1. The van der Waals surface area contributed by atoms with Gasteiger partial charge in [-0.25, -0.2) is 9.67 Å². The van der Waals surface area contributed by atoms with Gasteiger partial charge >= 0.3 is 0 Å². The summed E-state index contributed by atoms with van der Waals surface area (Å²) >= 11 is 6.44. The van der Waals surface area contributed by atoms with Crippen LogP contribution in [-0.4, -0.2) is 15.0 Å². The average Bonchev–Trinajstić information content (AvgIpc) is 2.88. The van der Waals surface area contributed by atoms with Gasteiger partial charge in [-0.05, 0) is 31.1 Å². The molecule has 0 aliphatic carbocycles. The van der Waals surface area contributed by atoms with Crippen LogP contribution in [0.5, 0.6) is 0 Å². The third-order valence-electron chi connectivity index (χ3n) is 3.38. The van der Waals surface area contributed by atoms with Gasteiger partial charge in [-0.15, -0.1) is 0 Å². The van der Waals surface area contributed by atoms with E-state index in [1.54, 1.807) is 4.68 Å². The number of benzene rings is 1. The molecule has 1 aromatic carbocycles. The van der Waals surface area contributed by atoms with Crippen molar-refractivity contribution in [3.8, 4) is 0 Å². The second kappa shape index (κ2) is 6.16. The van der Waals surface area contributed by atoms with Crippen LogP contribution in [0.2, 0.25) is 0 Å². The smallest absolute Gasteiger partial charge is 0.148 e. The van der Waals surface area contributed by atoms with E-state index in [4.69, 9.17) is 11.6 Å². The lowest BCUT2D eigenvalue weighted by Crippen LogP contribution is -2.03. The molecule has 0 bridgehead atoms. The van der Waals surface area contributed by atoms with Crippen molar-refractivity contribution in [1.29, 1.82) is 0 Å². The van der Waals surface area contributed by atoms with Crippen molar-refractivity contribution in [3.63, 3.8) is 0 Å². The maximum Gasteiger partial charge on any atom is 0.148 e. The second-order valence-electron chi connectivity index (χ2n) is 5.06. The lowest BCUT2D eigenvalue weighted by Gasteiger charge is -2.09. The Bertz CT molecular complexity index is 795. The number of aromatic nitrogens is 2. The van der Waals surface area contributed by atoms with E-state index < -0.39 is 0 Å². The molecule has 0 unspecified atom stereocenters. The molecule has 0 saturated heterocycles. The first kappa shape index (κ1) is 14.5. The van der Waals surface area contributed by atoms with E-state index in [0.717, 1.165) is 28.9 Å². The first-order valence-corrected chi connectivity index (χ1v) is 7.45. The van der Waals surface area contributed by atoms with Crippen LogP contribution < -0.4 is 0 Å². The quantitative estimate of drug-likeness (QED) is 0.747. The number of hydrogen-bond acceptors (Lipinski definition) is 2. The molecule has 1 aliphatic rings. The summed E-state index contributed by atoms with van der Waals surface area (Å²) in [5, 5.41) is 4.84. The molecule has 3 rings (SSSR count). The van der Waals surface area contributed by atoms with Crippen LogP contribution in [-0.2, 0) is 0 Å². The summed E-state index contributed by atoms with van der Waals surface area (Å²) in [5.41, 5.74) is 3.81. The van der Waals surface area contributed by atoms with Crippen LogP contribution in [0.15, 0.2) is 60.1 Å². The molecule has 0 N–H and O–H groups in total. The summed E-state index contributed by atoms with van der Waals surface area (Å²) in [4.78, 5) is 4.44. The number of allylic oxidation sites excluding steroid dienone is 3. The number of nitrogens with zero attached hydrogens (tertiary/aromatic N) is 3. The third-order valence-corrected chi connectivity index (χ3v) is 3.67. The second-order valence-corrected chi connectivity index (χ2v) is 5.42. The number of aryl methyl sites for hydroxylation is 1. The van der Waals surface area contributed by atoms with Crippen LogP contribution in [0, 0.1) is 6.92 Å². The van der Waals surface area contributed by atoms with Gasteiger partial charge < -0.3 is 0 Å². The SMILES string of the molecule is C=C1N=C(Cl)C(c2ccccc2)=CCC=Cc2cc(C)nn21. The highest BCUT2D eigenvalue weighted by atomic mass is 35.5. The van der Waals surface area contributed by atoms with E-state index >= 15 is 0 Å². The fourth-order valence-electron chi connectivity index (χ4n) is 2.38. The normalized spacial score (nSPS) is 15.1. The van der Waals surface area contributed by atoms with E-state index in [-0.39, 0.29) is 0 Å². The van der Waals surface area contributed by atoms with Gasteiger partial charge in [-0.3, -0.25) is 0 Å². The Morgan fingerprint density at radius 3 is 2.77 bits per heavy atom. The lowest BCUT2D eigenvalue weighted by molar-refractivity contribution is 0.864. The Morgan fingerprint density at radius 1 is 1.23 bits per heavy atom. The van der Waals surface area contributed by atoms with Crippen LogP contribution in [0.3, 0.4) is 0 Å². The lowest BCUT2D eigenvalue weighted by atomic mass is 10.1. The fraction of sp³-hybridized carbons (Fsp3) is 0.111. The van der Waals surface area contributed by atoms with Crippen molar-refractivity contribution in [3.05, 3.63) is 72.1 Å². The van der Waals surface area contributed by atoms with Gasteiger partial charge in [0.25, 0.3) is 0 Å². The molecule has 4 heteroatoms. The molecule has 110 valence electrons. The predicted octanol–water partition coefficient (Wildman–Crippen LogP) is 4.76. The highest BCUT2D eigenvalue weighted by molar-refractivity contribution is 6.76. The Labute approximate surface area is 135 Å². The molecule has 3 nitrogen and oxygen atoms in total. The molecular formula is C18H16ClN3. The summed E-state index contributed by atoms with van der Waals surface area (Å²) in [6, 6.07) is 12.0. The van der Waals surface area contributed by atoms with E-state index in [0.29, 0.717) is 11.0 Å². The number of rotatable bonds is 1. The first-order valence-electron chi connectivity index (χ1n) is 7.08. The van der Waals surface area contributed by atoms with E-state index in [1.165, 1.54) is 0 Å². The van der Waals surface area contributed by atoms with E-state index in [9.17, 15) is 0 Å². The van der Waals surface area contributed by atoms with Crippen LogP contribution >= 0.6 is 11.6 Å². The van der Waals surface area contributed by atoms with Crippen LogP contribution in [0.4, 0.5) is 0 Å². The molecule has 0 atom stereocenters. The number of fused-ring (bicyclic) bond motifs is 1. The van der Waals surface area contributed by atoms with Gasteiger partial charge in [0.1, 0.15) is 11.0 Å². The van der Waals surface area contributed by atoms with E-state index in [2.05, 4.69) is 28.8 Å². The van der Waals surface area contributed by atoms with E-state index in [1.807, 2.05) is 49.4 Å². The standard InChI is InChI=1S/C18H16ClN3/c1-13-12-16-10-6-7-11-17(15-8-4-3-5-9-15)18(19)20-14(2)22(16)21-13/h3-6,8-12H,2,7H2,1H3. The average molecular weight is 310 g/mol. The summed E-state index contributed by atoms with van der Waals surface area (Å²) in [7, 11) is 0. The topological polar surface area (TPSA) is 30.2 Å². The van der Waals surface area contributed by atoms with Crippen molar-refractivity contribution in [2.24, 2.45) is 4.99 Å². The van der Waals surface area contributed by atoms with Crippen molar-refractivity contribution in [2.75, 3.05) is 0 Å². The molecule has 2 heterocycles. The molecule has 0 fully saturated rings. The van der Waals surface area contributed by atoms with Gasteiger partial charge in [0, 0.05) is 5.57 Å². The predicted molar refractivity (Wildman–Crippen MR) is 93.7 cm³/mol. The fourth-order valence-corrected chi connectivity index (χ4v) is 2.66. The molecule has 1 aliphatic heterocycles. The molecule has 0 saturated carbocycles. The largest absolute Gasteiger partial charge is 0.217 e. The summed E-state index contributed by atoms with van der Waals surface area (Å²) < 4.78 is 1.71. The zero-order chi connectivity index (χ0) is 15.5. The van der Waals surface area contributed by atoms with Gasteiger partial charge in [0.15, 0.2) is 0 Å². The summed E-state index contributed by atoms with van der Waals surface area (Å²) in [5.74, 6) is 0.501. The molecule has 2 aromatic rings.